The van der Waals surface area contributed by atoms with Crippen molar-refractivity contribution < 1.29 is 24.2 Å². The van der Waals surface area contributed by atoms with Gasteiger partial charge in [-0.3, -0.25) is 14.4 Å². The lowest BCUT2D eigenvalue weighted by atomic mass is 9.78. The molecular formula is C16H17NO5. The number of ether oxygens (including phenoxy) is 1. The number of hydrogen-bond acceptors (Lipinski definition) is 4. The van der Waals surface area contributed by atoms with Crippen molar-refractivity contribution in [2.24, 2.45) is 11.8 Å². The Labute approximate surface area is 127 Å². The molecule has 1 aromatic carbocycles. The molecule has 1 amide bonds. The normalized spacial score (nSPS) is 29.3. The van der Waals surface area contributed by atoms with Gasteiger partial charge in [0.2, 0.25) is 5.91 Å². The van der Waals surface area contributed by atoms with Crippen molar-refractivity contribution >= 4 is 23.3 Å². The number of para-hydroxylation sites is 1. The van der Waals surface area contributed by atoms with E-state index in [2.05, 4.69) is 5.32 Å². The zero-order valence-corrected chi connectivity index (χ0v) is 12.1. The Bertz CT molecular complexity index is 641. The van der Waals surface area contributed by atoms with E-state index in [0.717, 1.165) is 0 Å². The molecule has 2 fully saturated rings. The van der Waals surface area contributed by atoms with E-state index in [1.807, 2.05) is 0 Å². The average Bonchev–Trinajstić information content (AvgIpc) is 3.08. The van der Waals surface area contributed by atoms with Crippen LogP contribution in [-0.2, 0) is 14.3 Å². The standard InChI is InChI=1S/C16H17NO5/c1-8(18)9-4-2-3-5-10(9)17-15(19)13-11-6-7-12(22-11)14(13)16(20)21/h2-5,11-14H,6-7H2,1H3,(H,17,19)(H,20,21)/t11-,12+,13+,14-/m0/s1. The van der Waals surface area contributed by atoms with Crippen LogP contribution in [0.25, 0.3) is 0 Å². The molecule has 2 N–H and O–H groups in total. The number of ketones is 1. The fourth-order valence-electron chi connectivity index (χ4n) is 3.44. The number of aliphatic carboxylic acids is 1. The maximum absolute atomic E-state index is 12.5. The Hall–Kier alpha value is -2.21. The van der Waals surface area contributed by atoms with Gasteiger partial charge in [-0.15, -0.1) is 0 Å². The summed E-state index contributed by atoms with van der Waals surface area (Å²) in [6.45, 7) is 1.42. The lowest BCUT2D eigenvalue weighted by Gasteiger charge is -2.24. The molecule has 2 saturated heterocycles. The van der Waals surface area contributed by atoms with E-state index in [9.17, 15) is 19.5 Å². The van der Waals surface area contributed by atoms with E-state index in [1.54, 1.807) is 24.3 Å². The molecule has 22 heavy (non-hydrogen) atoms. The van der Waals surface area contributed by atoms with Gasteiger partial charge in [-0.25, -0.2) is 0 Å². The molecule has 0 saturated carbocycles. The number of carbonyl (C=O) groups excluding carboxylic acids is 2. The molecule has 6 heteroatoms. The predicted octanol–water partition coefficient (Wildman–Crippen LogP) is 1.71. The quantitative estimate of drug-likeness (QED) is 0.826. The van der Waals surface area contributed by atoms with Crippen molar-refractivity contribution in [2.75, 3.05) is 5.32 Å². The minimum Gasteiger partial charge on any atom is -0.481 e. The van der Waals surface area contributed by atoms with E-state index in [-0.39, 0.29) is 18.0 Å². The van der Waals surface area contributed by atoms with Crippen molar-refractivity contribution in [1.82, 2.24) is 0 Å². The first-order chi connectivity index (χ1) is 10.5. The molecule has 3 rings (SSSR count). The number of fused-ring (bicyclic) bond motifs is 2. The number of nitrogens with one attached hydrogen (secondary N) is 1. The van der Waals surface area contributed by atoms with Gasteiger partial charge in [-0.1, -0.05) is 12.1 Å². The molecule has 6 nitrogen and oxygen atoms in total. The summed E-state index contributed by atoms with van der Waals surface area (Å²) in [5, 5.41) is 12.0. The predicted molar refractivity (Wildman–Crippen MR) is 77.6 cm³/mol. The molecule has 0 aromatic heterocycles. The van der Waals surface area contributed by atoms with Gasteiger partial charge in [0.15, 0.2) is 5.78 Å². The first kappa shape index (κ1) is 14.7. The minimum absolute atomic E-state index is 0.158. The summed E-state index contributed by atoms with van der Waals surface area (Å²) in [7, 11) is 0. The maximum Gasteiger partial charge on any atom is 0.310 e. The van der Waals surface area contributed by atoms with Gasteiger partial charge in [0.25, 0.3) is 0 Å². The maximum atomic E-state index is 12.5. The van der Waals surface area contributed by atoms with E-state index in [4.69, 9.17) is 4.74 Å². The number of benzene rings is 1. The lowest BCUT2D eigenvalue weighted by Crippen LogP contribution is -2.41. The number of Topliss-reactive ketones (excluding diaryl/α,β-unsaturated/α-hetero) is 1. The van der Waals surface area contributed by atoms with Crippen molar-refractivity contribution in [3.05, 3.63) is 29.8 Å². The Morgan fingerprint density at radius 1 is 1.14 bits per heavy atom. The van der Waals surface area contributed by atoms with Crippen LogP contribution in [0.2, 0.25) is 0 Å². The first-order valence-corrected chi connectivity index (χ1v) is 7.28. The highest BCUT2D eigenvalue weighted by atomic mass is 16.5. The van der Waals surface area contributed by atoms with E-state index >= 15 is 0 Å². The van der Waals surface area contributed by atoms with Crippen LogP contribution < -0.4 is 5.32 Å². The van der Waals surface area contributed by atoms with E-state index < -0.39 is 23.7 Å². The Balaban J connectivity index is 1.83. The molecule has 2 aliphatic rings. The molecule has 1 aromatic rings. The number of amides is 1. The van der Waals surface area contributed by atoms with Gasteiger partial charge in [-0.2, -0.15) is 0 Å². The molecule has 2 heterocycles. The molecule has 0 radical (unpaired) electrons. The molecule has 2 bridgehead atoms. The number of carboxylic acids is 1. The van der Waals surface area contributed by atoms with Crippen molar-refractivity contribution in [1.29, 1.82) is 0 Å². The van der Waals surface area contributed by atoms with Crippen LogP contribution >= 0.6 is 0 Å². The van der Waals surface area contributed by atoms with Crippen LogP contribution in [0.5, 0.6) is 0 Å². The Morgan fingerprint density at radius 2 is 1.77 bits per heavy atom. The average molecular weight is 303 g/mol. The van der Waals surface area contributed by atoms with Gasteiger partial charge < -0.3 is 15.2 Å². The van der Waals surface area contributed by atoms with Gasteiger partial charge in [0, 0.05) is 5.56 Å². The van der Waals surface area contributed by atoms with Crippen LogP contribution in [0.4, 0.5) is 5.69 Å². The van der Waals surface area contributed by atoms with Crippen LogP contribution in [0, 0.1) is 11.8 Å². The number of anilines is 1. The first-order valence-electron chi connectivity index (χ1n) is 7.28. The zero-order chi connectivity index (χ0) is 15.9. The summed E-state index contributed by atoms with van der Waals surface area (Å²) in [5.74, 6) is -3.09. The summed E-state index contributed by atoms with van der Waals surface area (Å²) >= 11 is 0. The Morgan fingerprint density at radius 3 is 2.41 bits per heavy atom. The Kier molecular flexibility index (Phi) is 3.70. The highest BCUT2D eigenvalue weighted by molar-refractivity contribution is 6.05. The zero-order valence-electron chi connectivity index (χ0n) is 12.1. The van der Waals surface area contributed by atoms with Crippen LogP contribution in [0.15, 0.2) is 24.3 Å². The van der Waals surface area contributed by atoms with Crippen molar-refractivity contribution in [2.45, 2.75) is 32.0 Å². The second-order valence-electron chi connectivity index (χ2n) is 5.77. The highest BCUT2D eigenvalue weighted by Crippen LogP contribution is 2.44. The van der Waals surface area contributed by atoms with Gasteiger partial charge in [0.05, 0.1) is 29.7 Å². The third-order valence-electron chi connectivity index (χ3n) is 4.43. The van der Waals surface area contributed by atoms with Crippen molar-refractivity contribution in [3.8, 4) is 0 Å². The summed E-state index contributed by atoms with van der Waals surface area (Å²) in [6, 6.07) is 6.70. The SMILES string of the molecule is CC(=O)c1ccccc1NC(=O)[C@H]1[C@@H](C(=O)O)[C@H]2CC[C@@H]1O2. The molecular weight excluding hydrogens is 286 g/mol. The fraction of sp³-hybridized carbons (Fsp3) is 0.438. The van der Waals surface area contributed by atoms with Crippen LogP contribution in [0.1, 0.15) is 30.1 Å². The largest absolute Gasteiger partial charge is 0.481 e. The molecule has 0 unspecified atom stereocenters. The summed E-state index contributed by atoms with van der Waals surface area (Å²) < 4.78 is 5.59. The molecule has 2 aliphatic heterocycles. The van der Waals surface area contributed by atoms with Crippen molar-refractivity contribution in [3.63, 3.8) is 0 Å². The second kappa shape index (κ2) is 5.53. The molecule has 116 valence electrons. The number of rotatable bonds is 4. The van der Waals surface area contributed by atoms with Gasteiger partial charge in [0.1, 0.15) is 0 Å². The van der Waals surface area contributed by atoms with Gasteiger partial charge >= 0.3 is 5.97 Å². The summed E-state index contributed by atoms with van der Waals surface area (Å²) in [4.78, 5) is 35.5. The molecule has 0 aliphatic carbocycles. The number of hydrogen-bond donors (Lipinski definition) is 2. The lowest BCUT2D eigenvalue weighted by molar-refractivity contribution is -0.147. The van der Waals surface area contributed by atoms with E-state index in [0.29, 0.717) is 24.1 Å². The molecule has 4 atom stereocenters. The number of carbonyl (C=O) groups is 3. The topological polar surface area (TPSA) is 92.7 Å². The van der Waals surface area contributed by atoms with Crippen LogP contribution in [0.3, 0.4) is 0 Å². The van der Waals surface area contributed by atoms with Gasteiger partial charge in [-0.05, 0) is 31.9 Å². The second-order valence-corrected chi connectivity index (χ2v) is 5.77. The molecule has 0 spiro atoms. The van der Waals surface area contributed by atoms with Crippen LogP contribution in [-0.4, -0.2) is 35.0 Å². The summed E-state index contributed by atoms with van der Waals surface area (Å²) in [5.41, 5.74) is 0.818. The summed E-state index contributed by atoms with van der Waals surface area (Å²) in [6.07, 6.45) is 0.632. The minimum atomic E-state index is -1.01. The third kappa shape index (κ3) is 2.39. The smallest absolute Gasteiger partial charge is 0.310 e. The highest BCUT2D eigenvalue weighted by Gasteiger charge is 2.55. The fourth-order valence-corrected chi connectivity index (χ4v) is 3.44. The van der Waals surface area contributed by atoms with E-state index in [1.165, 1.54) is 6.92 Å². The number of carboxylic acid groups (broad SMARTS) is 1. The third-order valence-corrected chi connectivity index (χ3v) is 4.43. The monoisotopic (exact) mass is 303 g/mol.